The van der Waals surface area contributed by atoms with E-state index in [0.29, 0.717) is 12.1 Å². The zero-order valence-corrected chi connectivity index (χ0v) is 17.1. The molecule has 1 N–H and O–H groups in total. The summed E-state index contributed by atoms with van der Waals surface area (Å²) in [6.07, 6.45) is 1.08. The third-order valence-corrected chi connectivity index (χ3v) is 5.10. The van der Waals surface area contributed by atoms with Gasteiger partial charge in [-0.1, -0.05) is 30.8 Å². The first-order valence-electron chi connectivity index (χ1n) is 9.02. The van der Waals surface area contributed by atoms with Crippen molar-refractivity contribution in [1.29, 1.82) is 0 Å². The van der Waals surface area contributed by atoms with E-state index in [1.54, 1.807) is 11.8 Å². The molecule has 0 aliphatic carbocycles. The molecule has 2 aromatic rings. The van der Waals surface area contributed by atoms with Gasteiger partial charge in [0.1, 0.15) is 5.82 Å². The SMILES string of the molecule is CCCN(C)c1nc(SCc2ccc(C(=O)NCC)cc2)nc(C)c1C. The molecular formula is C20H28N4OS. The summed E-state index contributed by atoms with van der Waals surface area (Å²) in [7, 11) is 2.08. The summed E-state index contributed by atoms with van der Waals surface area (Å²) in [6.45, 7) is 9.80. The standard InChI is InChI=1S/C20H28N4OS/c1-6-12-24(5)18-14(3)15(4)22-20(23-18)26-13-16-8-10-17(11-9-16)19(25)21-7-2/h8-11H,6-7,12-13H2,1-5H3,(H,21,25). The van der Waals surface area contributed by atoms with Crippen molar-refractivity contribution in [3.05, 3.63) is 46.6 Å². The van der Waals surface area contributed by atoms with Crippen molar-refractivity contribution in [2.24, 2.45) is 0 Å². The van der Waals surface area contributed by atoms with Crippen molar-refractivity contribution in [3.8, 4) is 0 Å². The average Bonchev–Trinajstić information content (AvgIpc) is 2.63. The van der Waals surface area contributed by atoms with E-state index in [1.165, 1.54) is 0 Å². The Morgan fingerprint density at radius 1 is 1.15 bits per heavy atom. The molecule has 140 valence electrons. The molecule has 2 rings (SSSR count). The molecule has 0 saturated heterocycles. The summed E-state index contributed by atoms with van der Waals surface area (Å²) in [5, 5.41) is 3.60. The van der Waals surface area contributed by atoms with Gasteiger partial charge in [-0.2, -0.15) is 0 Å². The second kappa shape index (κ2) is 9.57. The second-order valence-electron chi connectivity index (χ2n) is 6.31. The number of nitrogens with zero attached hydrogens (tertiary/aromatic N) is 3. The van der Waals surface area contributed by atoms with Crippen LogP contribution in [-0.2, 0) is 5.75 Å². The predicted molar refractivity (Wildman–Crippen MR) is 109 cm³/mol. The quantitative estimate of drug-likeness (QED) is 0.561. The van der Waals surface area contributed by atoms with Gasteiger partial charge >= 0.3 is 0 Å². The Labute approximate surface area is 160 Å². The number of benzene rings is 1. The van der Waals surface area contributed by atoms with E-state index in [-0.39, 0.29) is 5.91 Å². The Kier molecular flexibility index (Phi) is 7.45. The van der Waals surface area contributed by atoms with Crippen LogP contribution < -0.4 is 10.2 Å². The zero-order valence-electron chi connectivity index (χ0n) is 16.3. The number of aromatic nitrogens is 2. The fourth-order valence-electron chi connectivity index (χ4n) is 2.63. The van der Waals surface area contributed by atoms with Crippen LogP contribution >= 0.6 is 11.8 Å². The molecule has 0 saturated carbocycles. The first-order chi connectivity index (χ1) is 12.5. The molecule has 0 radical (unpaired) electrons. The minimum Gasteiger partial charge on any atom is -0.359 e. The normalized spacial score (nSPS) is 10.7. The van der Waals surface area contributed by atoms with Crippen LogP contribution in [0.2, 0.25) is 0 Å². The highest BCUT2D eigenvalue weighted by Gasteiger charge is 2.12. The van der Waals surface area contributed by atoms with Crippen LogP contribution in [-0.4, -0.2) is 36.0 Å². The topological polar surface area (TPSA) is 58.1 Å². The predicted octanol–water partition coefficient (Wildman–Crippen LogP) is 3.98. The van der Waals surface area contributed by atoms with E-state index < -0.39 is 0 Å². The van der Waals surface area contributed by atoms with Crippen molar-refractivity contribution in [3.63, 3.8) is 0 Å². The molecule has 0 spiro atoms. The molecule has 0 aliphatic heterocycles. The number of hydrogen-bond donors (Lipinski definition) is 1. The fraction of sp³-hybridized carbons (Fsp3) is 0.450. The van der Waals surface area contributed by atoms with Crippen LogP contribution in [0.3, 0.4) is 0 Å². The molecule has 6 heteroatoms. The van der Waals surface area contributed by atoms with E-state index in [9.17, 15) is 4.79 Å². The molecule has 0 aliphatic rings. The lowest BCUT2D eigenvalue weighted by atomic mass is 10.1. The van der Waals surface area contributed by atoms with Crippen molar-refractivity contribution >= 4 is 23.5 Å². The fourth-order valence-corrected chi connectivity index (χ4v) is 3.47. The number of thioether (sulfide) groups is 1. The van der Waals surface area contributed by atoms with Gasteiger partial charge in [-0.3, -0.25) is 4.79 Å². The minimum absolute atomic E-state index is 0.0344. The number of carbonyl (C=O) groups excluding carboxylic acids is 1. The Hall–Kier alpha value is -2.08. The van der Waals surface area contributed by atoms with Gasteiger partial charge in [0, 0.05) is 42.7 Å². The highest BCUT2D eigenvalue weighted by molar-refractivity contribution is 7.98. The number of amides is 1. The molecule has 1 aromatic heterocycles. The Morgan fingerprint density at radius 2 is 1.85 bits per heavy atom. The summed E-state index contributed by atoms with van der Waals surface area (Å²) in [6, 6.07) is 7.71. The van der Waals surface area contributed by atoms with Gasteiger partial charge in [-0.25, -0.2) is 9.97 Å². The summed E-state index contributed by atoms with van der Waals surface area (Å²) in [5.74, 6) is 1.75. The lowest BCUT2D eigenvalue weighted by molar-refractivity contribution is 0.0956. The molecule has 1 heterocycles. The van der Waals surface area contributed by atoms with Crippen molar-refractivity contribution < 1.29 is 4.79 Å². The van der Waals surface area contributed by atoms with Crippen LogP contribution in [0.4, 0.5) is 5.82 Å². The maximum Gasteiger partial charge on any atom is 0.251 e. The third-order valence-electron chi connectivity index (χ3n) is 4.18. The van der Waals surface area contributed by atoms with Crippen molar-refractivity contribution in [2.75, 3.05) is 25.0 Å². The van der Waals surface area contributed by atoms with Crippen molar-refractivity contribution in [1.82, 2.24) is 15.3 Å². The summed E-state index contributed by atoms with van der Waals surface area (Å²) < 4.78 is 0. The lowest BCUT2D eigenvalue weighted by Gasteiger charge is -2.20. The molecular weight excluding hydrogens is 344 g/mol. The monoisotopic (exact) mass is 372 g/mol. The minimum atomic E-state index is -0.0344. The maximum absolute atomic E-state index is 11.8. The van der Waals surface area contributed by atoms with E-state index >= 15 is 0 Å². The molecule has 5 nitrogen and oxygen atoms in total. The summed E-state index contributed by atoms with van der Waals surface area (Å²) >= 11 is 1.62. The molecule has 0 atom stereocenters. The number of aryl methyl sites for hydroxylation is 1. The van der Waals surface area contributed by atoms with Crippen LogP contribution in [0.25, 0.3) is 0 Å². The Morgan fingerprint density at radius 3 is 2.46 bits per heavy atom. The molecule has 1 amide bonds. The van der Waals surface area contributed by atoms with Gasteiger partial charge in [0.05, 0.1) is 0 Å². The number of carbonyl (C=O) groups is 1. The lowest BCUT2D eigenvalue weighted by Crippen LogP contribution is -2.22. The highest BCUT2D eigenvalue weighted by atomic mass is 32.2. The molecule has 0 unspecified atom stereocenters. The number of rotatable bonds is 8. The van der Waals surface area contributed by atoms with Gasteiger partial charge in [-0.05, 0) is 44.9 Å². The summed E-state index contributed by atoms with van der Waals surface area (Å²) in [4.78, 5) is 23.4. The van der Waals surface area contributed by atoms with Gasteiger partial charge in [0.25, 0.3) is 5.91 Å². The molecule has 1 aromatic carbocycles. The van der Waals surface area contributed by atoms with Gasteiger partial charge in [0.15, 0.2) is 5.16 Å². The highest BCUT2D eigenvalue weighted by Crippen LogP contribution is 2.25. The number of nitrogens with one attached hydrogen (secondary N) is 1. The Balaban J connectivity index is 2.08. The van der Waals surface area contributed by atoms with E-state index in [2.05, 4.69) is 36.1 Å². The van der Waals surface area contributed by atoms with Crippen LogP contribution in [0.15, 0.2) is 29.4 Å². The largest absolute Gasteiger partial charge is 0.359 e. The molecule has 0 fully saturated rings. The number of anilines is 1. The maximum atomic E-state index is 11.8. The van der Waals surface area contributed by atoms with Gasteiger partial charge in [-0.15, -0.1) is 0 Å². The van der Waals surface area contributed by atoms with Gasteiger partial charge < -0.3 is 10.2 Å². The number of hydrogen-bond acceptors (Lipinski definition) is 5. The molecule has 0 bridgehead atoms. The molecule has 26 heavy (non-hydrogen) atoms. The summed E-state index contributed by atoms with van der Waals surface area (Å²) in [5.41, 5.74) is 3.99. The Bertz CT molecular complexity index is 746. The van der Waals surface area contributed by atoms with Crippen LogP contribution in [0, 0.1) is 13.8 Å². The zero-order chi connectivity index (χ0) is 19.1. The third kappa shape index (κ3) is 5.21. The van der Waals surface area contributed by atoms with Crippen molar-refractivity contribution in [2.45, 2.75) is 45.0 Å². The van der Waals surface area contributed by atoms with E-state index in [0.717, 1.165) is 46.5 Å². The first kappa shape index (κ1) is 20.2. The van der Waals surface area contributed by atoms with Gasteiger partial charge in [0.2, 0.25) is 0 Å². The van der Waals surface area contributed by atoms with E-state index in [4.69, 9.17) is 4.98 Å². The first-order valence-corrected chi connectivity index (χ1v) is 10.0. The van der Waals surface area contributed by atoms with Crippen LogP contribution in [0.5, 0.6) is 0 Å². The van der Waals surface area contributed by atoms with Crippen LogP contribution in [0.1, 0.15) is 47.4 Å². The average molecular weight is 373 g/mol. The van der Waals surface area contributed by atoms with E-state index in [1.807, 2.05) is 38.1 Å². The smallest absolute Gasteiger partial charge is 0.251 e. The second-order valence-corrected chi connectivity index (χ2v) is 7.25.